The molecule has 1 heterocycles. The maximum Gasteiger partial charge on any atom is 0.305 e. The van der Waals surface area contributed by atoms with Crippen molar-refractivity contribution in [2.45, 2.75) is 272 Å². The van der Waals surface area contributed by atoms with Crippen LogP contribution >= 0.6 is 0 Å². The van der Waals surface area contributed by atoms with Crippen LogP contribution in [0.1, 0.15) is 265 Å². The Kier molecular flexibility index (Phi) is 40.5. The Bertz CT molecular complexity index is 878. The molecule has 1 saturated heterocycles. The number of hydrogen-bond acceptors (Lipinski definition) is 7. The first-order chi connectivity index (χ1) is 29.8. The quantitative estimate of drug-likeness (QED) is 0.0371. The predicted octanol–water partition coefficient (Wildman–Crippen LogP) is 15.3. The molecule has 1 aliphatic heterocycles. The third-order valence-corrected chi connectivity index (χ3v) is 13.8. The molecule has 7 heteroatoms. The highest BCUT2D eigenvalue weighted by atomic mass is 16.6. The molecule has 2 unspecified atom stereocenters. The SMILES string of the molecule is CCCCCCC(CCCCCC)CCOC(=O)CCCCCCCC(CCCCCCCC(=O)OCCC(CCCCCC)CCCCCC)COC(O)C1CCN(C)C1. The summed E-state index contributed by atoms with van der Waals surface area (Å²) in [5.41, 5.74) is 0. The van der Waals surface area contributed by atoms with E-state index in [9.17, 15) is 14.7 Å². The lowest BCUT2D eigenvalue weighted by molar-refractivity contribution is -0.145. The molecule has 0 amide bonds. The number of esters is 2. The maximum atomic E-state index is 12.5. The Morgan fingerprint density at radius 3 is 1.20 bits per heavy atom. The second-order valence-electron chi connectivity index (χ2n) is 19.7. The zero-order valence-corrected chi connectivity index (χ0v) is 41.5. The van der Waals surface area contributed by atoms with Crippen LogP contribution in [0.15, 0.2) is 0 Å². The van der Waals surface area contributed by atoms with E-state index in [2.05, 4.69) is 39.6 Å². The molecule has 1 N–H and O–H groups in total. The average Bonchev–Trinajstić information content (AvgIpc) is 3.70. The predicted molar refractivity (Wildman–Crippen MR) is 259 cm³/mol. The van der Waals surface area contributed by atoms with Gasteiger partial charge in [0.25, 0.3) is 0 Å². The van der Waals surface area contributed by atoms with Gasteiger partial charge in [-0.3, -0.25) is 9.59 Å². The van der Waals surface area contributed by atoms with Gasteiger partial charge in [0.05, 0.1) is 19.8 Å². The third kappa shape index (κ3) is 35.8. The summed E-state index contributed by atoms with van der Waals surface area (Å²) in [6.45, 7) is 12.8. The van der Waals surface area contributed by atoms with Gasteiger partial charge in [0.1, 0.15) is 0 Å². The minimum atomic E-state index is -0.670. The second-order valence-corrected chi connectivity index (χ2v) is 19.7. The molecule has 1 rings (SSSR count). The van der Waals surface area contributed by atoms with E-state index < -0.39 is 6.29 Å². The van der Waals surface area contributed by atoms with E-state index in [1.165, 1.54) is 154 Å². The fourth-order valence-corrected chi connectivity index (χ4v) is 9.48. The monoisotopic (exact) mass is 864 g/mol. The fourth-order valence-electron chi connectivity index (χ4n) is 9.48. The van der Waals surface area contributed by atoms with Crippen molar-refractivity contribution in [3.8, 4) is 0 Å². The largest absolute Gasteiger partial charge is 0.466 e. The van der Waals surface area contributed by atoms with Crippen molar-refractivity contribution in [2.75, 3.05) is 40.0 Å². The number of likely N-dealkylation sites (tertiary alicyclic amines) is 1. The minimum Gasteiger partial charge on any atom is -0.466 e. The van der Waals surface area contributed by atoms with Crippen LogP contribution in [0.2, 0.25) is 0 Å². The lowest BCUT2D eigenvalue weighted by Gasteiger charge is -2.23. The zero-order valence-electron chi connectivity index (χ0n) is 41.5. The first-order valence-corrected chi connectivity index (χ1v) is 27.1. The number of aliphatic hydroxyl groups excluding tert-OH is 1. The first kappa shape index (κ1) is 57.8. The van der Waals surface area contributed by atoms with Crippen LogP contribution in [0.25, 0.3) is 0 Å². The molecule has 362 valence electrons. The van der Waals surface area contributed by atoms with Crippen LogP contribution in [0, 0.1) is 23.7 Å². The second kappa shape index (κ2) is 42.8. The normalized spacial score (nSPS) is 15.1. The Morgan fingerprint density at radius 1 is 0.492 bits per heavy atom. The number of nitrogens with zero attached hydrogens (tertiary/aromatic N) is 1. The van der Waals surface area contributed by atoms with Gasteiger partial charge >= 0.3 is 11.9 Å². The maximum absolute atomic E-state index is 12.5. The number of carbonyl (C=O) groups excluding carboxylic acids is 2. The van der Waals surface area contributed by atoms with Crippen molar-refractivity contribution in [2.24, 2.45) is 23.7 Å². The van der Waals surface area contributed by atoms with Crippen LogP contribution in [0.5, 0.6) is 0 Å². The van der Waals surface area contributed by atoms with Crippen molar-refractivity contribution >= 4 is 11.9 Å². The molecular weight excluding hydrogens is 759 g/mol. The van der Waals surface area contributed by atoms with Crippen molar-refractivity contribution in [1.82, 2.24) is 4.90 Å². The van der Waals surface area contributed by atoms with E-state index in [1.54, 1.807) is 0 Å². The Labute approximate surface area is 379 Å². The van der Waals surface area contributed by atoms with Gasteiger partial charge in [-0.1, -0.05) is 207 Å². The van der Waals surface area contributed by atoms with Gasteiger partial charge in [-0.2, -0.15) is 0 Å². The highest BCUT2D eigenvalue weighted by molar-refractivity contribution is 5.69. The van der Waals surface area contributed by atoms with Crippen LogP contribution < -0.4 is 0 Å². The van der Waals surface area contributed by atoms with Crippen molar-refractivity contribution in [3.63, 3.8) is 0 Å². The summed E-state index contributed by atoms with van der Waals surface area (Å²) >= 11 is 0. The summed E-state index contributed by atoms with van der Waals surface area (Å²) in [6, 6.07) is 0. The van der Waals surface area contributed by atoms with E-state index in [0.717, 1.165) is 83.7 Å². The third-order valence-electron chi connectivity index (χ3n) is 13.8. The number of aliphatic hydroxyl groups is 1. The summed E-state index contributed by atoms with van der Waals surface area (Å²) < 4.78 is 17.5. The zero-order chi connectivity index (χ0) is 44.4. The van der Waals surface area contributed by atoms with Crippen LogP contribution in [-0.4, -0.2) is 68.2 Å². The number of rotatable bonds is 46. The van der Waals surface area contributed by atoms with Crippen LogP contribution in [0.4, 0.5) is 0 Å². The van der Waals surface area contributed by atoms with E-state index in [1.807, 2.05) is 0 Å². The summed E-state index contributed by atoms with van der Waals surface area (Å²) in [7, 11) is 2.12. The summed E-state index contributed by atoms with van der Waals surface area (Å²) in [6.07, 6.45) is 42.9. The molecule has 0 aromatic carbocycles. The summed E-state index contributed by atoms with van der Waals surface area (Å²) in [4.78, 5) is 27.3. The molecule has 7 nitrogen and oxygen atoms in total. The Balaban J connectivity index is 2.31. The lowest BCUT2D eigenvalue weighted by atomic mass is 9.92. The molecule has 1 aliphatic rings. The van der Waals surface area contributed by atoms with E-state index >= 15 is 0 Å². The van der Waals surface area contributed by atoms with Crippen LogP contribution in [-0.2, 0) is 23.8 Å². The molecule has 0 radical (unpaired) electrons. The van der Waals surface area contributed by atoms with Crippen molar-refractivity contribution in [3.05, 3.63) is 0 Å². The number of ether oxygens (including phenoxy) is 3. The molecule has 61 heavy (non-hydrogen) atoms. The molecule has 0 aliphatic carbocycles. The Morgan fingerprint density at radius 2 is 0.836 bits per heavy atom. The van der Waals surface area contributed by atoms with Gasteiger partial charge in [0.15, 0.2) is 6.29 Å². The molecular formula is C54H105NO6. The van der Waals surface area contributed by atoms with Gasteiger partial charge in [-0.15, -0.1) is 0 Å². The topological polar surface area (TPSA) is 85.3 Å². The molecule has 0 aromatic rings. The molecule has 1 fully saturated rings. The summed E-state index contributed by atoms with van der Waals surface area (Å²) in [5, 5.41) is 10.8. The highest BCUT2D eigenvalue weighted by Crippen LogP contribution is 2.26. The molecule has 0 aromatic heterocycles. The van der Waals surface area contributed by atoms with Gasteiger partial charge < -0.3 is 24.2 Å². The highest BCUT2D eigenvalue weighted by Gasteiger charge is 2.27. The van der Waals surface area contributed by atoms with E-state index in [-0.39, 0.29) is 17.9 Å². The number of hydrogen-bond donors (Lipinski definition) is 1. The van der Waals surface area contributed by atoms with Gasteiger partial charge in [-0.05, 0) is 76.3 Å². The first-order valence-electron chi connectivity index (χ1n) is 27.1. The van der Waals surface area contributed by atoms with Crippen molar-refractivity contribution < 1.29 is 28.9 Å². The molecule has 0 bridgehead atoms. The summed E-state index contributed by atoms with van der Waals surface area (Å²) in [5.74, 6) is 2.05. The number of carbonyl (C=O) groups is 2. The van der Waals surface area contributed by atoms with Gasteiger partial charge in [0.2, 0.25) is 0 Å². The van der Waals surface area contributed by atoms with E-state index in [4.69, 9.17) is 14.2 Å². The standard InChI is InChI=1S/C54H105NO6/c1-6-10-14-24-32-48(33-25-15-11-7-2)41-44-59-52(56)38-30-22-18-20-28-36-50(47-61-54(58)51-40-43-55(5)46-51)37-29-21-19-23-31-39-53(57)60-45-42-49(34-26-16-12-8-3)35-27-17-13-9-4/h48-51,54,58H,6-47H2,1-5H3. The smallest absolute Gasteiger partial charge is 0.305 e. The lowest BCUT2D eigenvalue weighted by Crippen LogP contribution is -2.28. The van der Waals surface area contributed by atoms with Gasteiger partial charge in [-0.25, -0.2) is 0 Å². The number of unbranched alkanes of at least 4 members (excludes halogenated alkanes) is 20. The molecule has 0 spiro atoms. The van der Waals surface area contributed by atoms with Crippen LogP contribution in [0.3, 0.4) is 0 Å². The fraction of sp³-hybridized carbons (Fsp3) is 0.963. The van der Waals surface area contributed by atoms with Gasteiger partial charge in [0, 0.05) is 25.3 Å². The Hall–Kier alpha value is -1.18. The van der Waals surface area contributed by atoms with Crippen molar-refractivity contribution in [1.29, 1.82) is 0 Å². The average molecular weight is 864 g/mol. The van der Waals surface area contributed by atoms with E-state index in [0.29, 0.717) is 50.4 Å². The minimum absolute atomic E-state index is 0.0137. The molecule has 2 atom stereocenters. The molecule has 0 saturated carbocycles.